The van der Waals surface area contributed by atoms with Crippen LogP contribution in [0, 0.1) is 35.5 Å². The lowest BCUT2D eigenvalue weighted by molar-refractivity contribution is 0.0955. The van der Waals surface area contributed by atoms with E-state index < -0.39 is 0 Å². The van der Waals surface area contributed by atoms with E-state index >= 15 is 0 Å². The fourth-order valence-electron chi connectivity index (χ4n) is 3.24. The SMILES string of the molecule is C#CCCCC1CC(C(C)(C)C)CCC1CN. The molecule has 1 rings (SSSR count). The van der Waals surface area contributed by atoms with Crippen molar-refractivity contribution in [3.05, 3.63) is 0 Å². The average Bonchev–Trinajstić information content (AvgIpc) is 2.28. The summed E-state index contributed by atoms with van der Waals surface area (Å²) < 4.78 is 0. The third-order valence-electron chi connectivity index (χ3n) is 4.56. The van der Waals surface area contributed by atoms with Gasteiger partial charge in [-0.15, -0.1) is 12.3 Å². The molecule has 3 unspecified atom stereocenters. The Kier molecular flexibility index (Phi) is 5.53. The van der Waals surface area contributed by atoms with E-state index in [2.05, 4.69) is 26.7 Å². The molecule has 0 aliphatic heterocycles. The van der Waals surface area contributed by atoms with Crippen molar-refractivity contribution in [3.63, 3.8) is 0 Å². The van der Waals surface area contributed by atoms with E-state index in [0.717, 1.165) is 30.7 Å². The van der Waals surface area contributed by atoms with E-state index in [4.69, 9.17) is 12.2 Å². The van der Waals surface area contributed by atoms with Gasteiger partial charge in [0, 0.05) is 6.42 Å². The van der Waals surface area contributed by atoms with Crippen molar-refractivity contribution in [3.8, 4) is 12.3 Å². The Balaban J connectivity index is 2.53. The smallest absolute Gasteiger partial charge is 0.00861 e. The van der Waals surface area contributed by atoms with Crippen molar-refractivity contribution in [2.45, 2.75) is 59.3 Å². The average molecular weight is 235 g/mol. The molecule has 1 aliphatic carbocycles. The normalized spacial score (nSPS) is 29.9. The summed E-state index contributed by atoms with van der Waals surface area (Å²) in [5.74, 6) is 5.17. The monoisotopic (exact) mass is 235 g/mol. The molecule has 17 heavy (non-hydrogen) atoms. The van der Waals surface area contributed by atoms with Gasteiger partial charge in [0.25, 0.3) is 0 Å². The van der Waals surface area contributed by atoms with Gasteiger partial charge >= 0.3 is 0 Å². The predicted octanol–water partition coefficient (Wildman–Crippen LogP) is 3.83. The van der Waals surface area contributed by atoms with Crippen LogP contribution in [0.15, 0.2) is 0 Å². The first-order valence-electron chi connectivity index (χ1n) is 7.12. The molecule has 0 radical (unpaired) electrons. The first-order chi connectivity index (χ1) is 7.99. The van der Waals surface area contributed by atoms with Gasteiger partial charge in [0.05, 0.1) is 0 Å². The zero-order chi connectivity index (χ0) is 12.9. The Labute approximate surface area is 108 Å². The highest BCUT2D eigenvalue weighted by Crippen LogP contribution is 2.43. The summed E-state index contributed by atoms with van der Waals surface area (Å²) >= 11 is 0. The number of nitrogens with two attached hydrogens (primary N) is 1. The lowest BCUT2D eigenvalue weighted by Crippen LogP contribution is -2.35. The van der Waals surface area contributed by atoms with Crippen LogP contribution in [-0.2, 0) is 0 Å². The maximum Gasteiger partial charge on any atom is 0.00861 e. The number of hydrogen-bond acceptors (Lipinski definition) is 1. The first-order valence-corrected chi connectivity index (χ1v) is 7.12. The van der Waals surface area contributed by atoms with E-state index in [1.165, 1.54) is 32.1 Å². The molecule has 0 aromatic rings. The molecule has 1 nitrogen and oxygen atoms in total. The third-order valence-corrected chi connectivity index (χ3v) is 4.56. The molecule has 0 aromatic carbocycles. The summed E-state index contributed by atoms with van der Waals surface area (Å²) in [7, 11) is 0. The Morgan fingerprint density at radius 2 is 1.94 bits per heavy atom. The van der Waals surface area contributed by atoms with Crippen LogP contribution < -0.4 is 5.73 Å². The van der Waals surface area contributed by atoms with Crippen LogP contribution >= 0.6 is 0 Å². The van der Waals surface area contributed by atoms with Gasteiger partial charge in [-0.05, 0) is 61.8 Å². The van der Waals surface area contributed by atoms with Crippen molar-refractivity contribution in [2.24, 2.45) is 28.9 Å². The minimum atomic E-state index is 0.448. The number of terminal acetylenes is 1. The van der Waals surface area contributed by atoms with E-state index in [-0.39, 0.29) is 0 Å². The van der Waals surface area contributed by atoms with Crippen molar-refractivity contribution < 1.29 is 0 Å². The highest BCUT2D eigenvalue weighted by Gasteiger charge is 2.34. The van der Waals surface area contributed by atoms with Gasteiger partial charge in [-0.25, -0.2) is 0 Å². The van der Waals surface area contributed by atoms with Crippen LogP contribution in [0.1, 0.15) is 59.3 Å². The van der Waals surface area contributed by atoms with E-state index in [0.29, 0.717) is 5.41 Å². The van der Waals surface area contributed by atoms with Gasteiger partial charge in [-0.2, -0.15) is 0 Å². The maximum absolute atomic E-state index is 5.91. The Morgan fingerprint density at radius 3 is 2.47 bits per heavy atom. The lowest BCUT2D eigenvalue weighted by atomic mass is 9.64. The summed E-state index contributed by atoms with van der Waals surface area (Å²) in [6.07, 6.45) is 12.7. The molecule has 0 saturated heterocycles. The summed E-state index contributed by atoms with van der Waals surface area (Å²) in [6, 6.07) is 0. The van der Waals surface area contributed by atoms with Crippen LogP contribution in [0.25, 0.3) is 0 Å². The Hall–Kier alpha value is -0.480. The van der Waals surface area contributed by atoms with Gasteiger partial charge in [0.15, 0.2) is 0 Å². The molecule has 1 saturated carbocycles. The maximum atomic E-state index is 5.91. The quantitative estimate of drug-likeness (QED) is 0.581. The Morgan fingerprint density at radius 1 is 1.24 bits per heavy atom. The highest BCUT2D eigenvalue weighted by atomic mass is 14.6. The summed E-state index contributed by atoms with van der Waals surface area (Å²) in [4.78, 5) is 0. The lowest BCUT2D eigenvalue weighted by Gasteiger charge is -2.41. The van der Waals surface area contributed by atoms with Gasteiger partial charge in [-0.1, -0.05) is 20.8 Å². The summed E-state index contributed by atoms with van der Waals surface area (Å²) in [5, 5.41) is 0. The highest BCUT2D eigenvalue weighted by molar-refractivity contribution is 4.88. The predicted molar refractivity (Wildman–Crippen MR) is 75.5 cm³/mol. The minimum absolute atomic E-state index is 0.448. The largest absolute Gasteiger partial charge is 0.330 e. The molecule has 0 spiro atoms. The summed E-state index contributed by atoms with van der Waals surface area (Å²) in [5.41, 5.74) is 6.36. The van der Waals surface area contributed by atoms with Gasteiger partial charge in [0.2, 0.25) is 0 Å². The molecule has 1 heteroatoms. The molecule has 1 aliphatic rings. The fourth-order valence-corrected chi connectivity index (χ4v) is 3.24. The molecule has 1 fully saturated rings. The molecular formula is C16H29N. The molecule has 0 aromatic heterocycles. The van der Waals surface area contributed by atoms with Gasteiger partial charge in [0.1, 0.15) is 0 Å². The molecule has 0 amide bonds. The van der Waals surface area contributed by atoms with Crippen molar-refractivity contribution in [2.75, 3.05) is 6.54 Å². The number of hydrogen-bond donors (Lipinski definition) is 1. The second-order valence-electron chi connectivity index (χ2n) is 6.73. The second kappa shape index (κ2) is 6.45. The zero-order valence-corrected chi connectivity index (χ0v) is 11.8. The summed E-state index contributed by atoms with van der Waals surface area (Å²) in [6.45, 7) is 7.98. The number of rotatable bonds is 4. The molecule has 98 valence electrons. The van der Waals surface area contributed by atoms with Crippen LogP contribution in [0.4, 0.5) is 0 Å². The molecule has 3 atom stereocenters. The van der Waals surface area contributed by atoms with Crippen LogP contribution in [0.3, 0.4) is 0 Å². The molecule has 0 bridgehead atoms. The van der Waals surface area contributed by atoms with Gasteiger partial charge in [-0.3, -0.25) is 0 Å². The van der Waals surface area contributed by atoms with Gasteiger partial charge < -0.3 is 5.73 Å². The van der Waals surface area contributed by atoms with Crippen LogP contribution in [-0.4, -0.2) is 6.54 Å². The van der Waals surface area contributed by atoms with E-state index in [9.17, 15) is 0 Å². The molecule has 2 N–H and O–H groups in total. The fraction of sp³-hybridized carbons (Fsp3) is 0.875. The number of unbranched alkanes of at least 4 members (excludes halogenated alkanes) is 1. The zero-order valence-electron chi connectivity index (χ0n) is 11.8. The van der Waals surface area contributed by atoms with E-state index in [1.807, 2.05) is 0 Å². The standard InChI is InChI=1S/C16H29N/c1-5-6-7-8-13-11-15(16(2,3)4)10-9-14(13)12-17/h1,13-15H,6-12,17H2,2-4H3. The minimum Gasteiger partial charge on any atom is -0.330 e. The third kappa shape index (κ3) is 4.36. The van der Waals surface area contributed by atoms with E-state index in [1.54, 1.807) is 0 Å². The van der Waals surface area contributed by atoms with Crippen LogP contribution in [0.5, 0.6) is 0 Å². The first kappa shape index (κ1) is 14.6. The van der Waals surface area contributed by atoms with Crippen molar-refractivity contribution >= 4 is 0 Å². The topological polar surface area (TPSA) is 26.0 Å². The molecular weight excluding hydrogens is 206 g/mol. The molecule has 0 heterocycles. The van der Waals surface area contributed by atoms with Crippen LogP contribution in [0.2, 0.25) is 0 Å². The second-order valence-corrected chi connectivity index (χ2v) is 6.73. The van der Waals surface area contributed by atoms with Crippen molar-refractivity contribution in [1.82, 2.24) is 0 Å². The van der Waals surface area contributed by atoms with Crippen molar-refractivity contribution in [1.29, 1.82) is 0 Å². The Bertz CT molecular complexity index is 256.